The van der Waals surface area contributed by atoms with Crippen molar-refractivity contribution in [2.45, 2.75) is 38.3 Å². The van der Waals surface area contributed by atoms with Gasteiger partial charge >= 0.3 is 0 Å². The highest BCUT2D eigenvalue weighted by Crippen LogP contribution is 2.34. The molecule has 0 aliphatic carbocycles. The van der Waals surface area contributed by atoms with Crippen molar-refractivity contribution in [3.63, 3.8) is 0 Å². The zero-order valence-corrected chi connectivity index (χ0v) is 17.5. The van der Waals surface area contributed by atoms with Gasteiger partial charge in [-0.15, -0.1) is 0 Å². The second-order valence-electron chi connectivity index (χ2n) is 8.02. The van der Waals surface area contributed by atoms with Crippen LogP contribution in [0, 0.1) is 5.92 Å². The quantitative estimate of drug-likeness (QED) is 0.673. The van der Waals surface area contributed by atoms with Gasteiger partial charge in [0.15, 0.2) is 0 Å². The summed E-state index contributed by atoms with van der Waals surface area (Å²) < 4.78 is 15.5. The normalized spacial score (nSPS) is 21.1. The Morgan fingerprint density at radius 2 is 2.07 bits per heavy atom. The Bertz CT molecular complexity index is 1070. The lowest BCUT2D eigenvalue weighted by atomic mass is 10.0. The summed E-state index contributed by atoms with van der Waals surface area (Å²) in [6, 6.07) is 2.34. The first-order valence-corrected chi connectivity index (χ1v) is 10.7. The van der Waals surface area contributed by atoms with E-state index < -0.39 is 0 Å². The summed E-state index contributed by atoms with van der Waals surface area (Å²) in [6.07, 6.45) is 9.75. The number of amides is 1. The molecule has 0 radical (unpaired) electrons. The summed E-state index contributed by atoms with van der Waals surface area (Å²) in [5.41, 5.74) is 2.66. The van der Waals surface area contributed by atoms with E-state index in [1.54, 1.807) is 10.7 Å². The SMILES string of the molecule is CC(Oc1cc(-c2cnn(C3CCOCC3)c2)cn2ncc(Cl)c12)C1CNC(=O)C1. The van der Waals surface area contributed by atoms with Gasteiger partial charge in [-0.2, -0.15) is 10.2 Å². The minimum atomic E-state index is -0.140. The molecule has 0 saturated carbocycles. The van der Waals surface area contributed by atoms with Crippen LogP contribution in [-0.4, -0.2) is 51.2 Å². The smallest absolute Gasteiger partial charge is 0.220 e. The molecule has 5 rings (SSSR count). The Balaban J connectivity index is 1.46. The molecule has 2 atom stereocenters. The highest BCUT2D eigenvalue weighted by molar-refractivity contribution is 6.34. The van der Waals surface area contributed by atoms with Crippen LogP contribution in [0.15, 0.2) is 30.9 Å². The molecule has 30 heavy (non-hydrogen) atoms. The number of nitrogens with zero attached hydrogens (tertiary/aromatic N) is 4. The highest BCUT2D eigenvalue weighted by atomic mass is 35.5. The van der Waals surface area contributed by atoms with Gasteiger partial charge in [-0.1, -0.05) is 11.6 Å². The summed E-state index contributed by atoms with van der Waals surface area (Å²) in [5, 5.41) is 12.4. The summed E-state index contributed by atoms with van der Waals surface area (Å²) in [6.45, 7) is 4.15. The monoisotopic (exact) mass is 429 g/mol. The van der Waals surface area contributed by atoms with Gasteiger partial charge in [0.1, 0.15) is 17.4 Å². The fraction of sp³-hybridized carbons (Fsp3) is 0.476. The molecule has 2 aliphatic heterocycles. The standard InChI is InChI=1S/C21H24ClN5O3/c1-13(14-7-20(28)23-8-14)30-19-6-15(11-27-21(19)18(22)10-25-27)16-9-24-26(12-16)17-2-4-29-5-3-17/h6,9-14,17H,2-5,7-8H2,1H3,(H,23,28). The van der Waals surface area contributed by atoms with Crippen LogP contribution in [0.25, 0.3) is 16.6 Å². The van der Waals surface area contributed by atoms with Gasteiger partial charge in [-0.3, -0.25) is 9.48 Å². The summed E-state index contributed by atoms with van der Waals surface area (Å²) in [5.74, 6) is 0.845. The molecule has 2 fully saturated rings. The number of carbonyl (C=O) groups is 1. The topological polar surface area (TPSA) is 82.7 Å². The zero-order valence-electron chi connectivity index (χ0n) is 16.8. The highest BCUT2D eigenvalue weighted by Gasteiger charge is 2.29. The minimum Gasteiger partial charge on any atom is -0.488 e. The lowest BCUT2D eigenvalue weighted by molar-refractivity contribution is -0.119. The average Bonchev–Trinajstić information content (AvgIpc) is 3.49. The number of rotatable bonds is 5. The zero-order chi connectivity index (χ0) is 20.7. The first-order chi connectivity index (χ1) is 14.6. The third kappa shape index (κ3) is 3.65. The Hall–Kier alpha value is -2.58. The minimum absolute atomic E-state index is 0.0669. The molecule has 5 heterocycles. The molecule has 2 aliphatic rings. The maximum Gasteiger partial charge on any atom is 0.220 e. The van der Waals surface area contributed by atoms with E-state index in [4.69, 9.17) is 21.1 Å². The third-order valence-electron chi connectivity index (χ3n) is 6.02. The van der Waals surface area contributed by atoms with E-state index in [1.165, 1.54) is 0 Å². The summed E-state index contributed by atoms with van der Waals surface area (Å²) in [4.78, 5) is 11.6. The molecular formula is C21H24ClN5O3. The van der Waals surface area contributed by atoms with Gasteiger partial charge in [0.25, 0.3) is 0 Å². The second-order valence-corrected chi connectivity index (χ2v) is 8.43. The van der Waals surface area contributed by atoms with Crippen molar-refractivity contribution in [2.24, 2.45) is 5.92 Å². The molecule has 9 heteroatoms. The van der Waals surface area contributed by atoms with Crippen LogP contribution in [0.1, 0.15) is 32.2 Å². The summed E-state index contributed by atoms with van der Waals surface area (Å²) in [7, 11) is 0. The molecule has 2 saturated heterocycles. The fourth-order valence-electron chi connectivity index (χ4n) is 4.19. The van der Waals surface area contributed by atoms with Gasteiger partial charge < -0.3 is 14.8 Å². The average molecular weight is 430 g/mol. The molecule has 8 nitrogen and oxygen atoms in total. The van der Waals surface area contributed by atoms with Crippen molar-refractivity contribution in [3.8, 4) is 16.9 Å². The van der Waals surface area contributed by atoms with Crippen molar-refractivity contribution in [2.75, 3.05) is 19.8 Å². The number of pyridine rings is 1. The van der Waals surface area contributed by atoms with Crippen molar-refractivity contribution in [1.29, 1.82) is 0 Å². The van der Waals surface area contributed by atoms with Crippen molar-refractivity contribution in [3.05, 3.63) is 35.9 Å². The van der Waals surface area contributed by atoms with E-state index in [1.807, 2.05) is 30.1 Å². The van der Waals surface area contributed by atoms with Crippen LogP contribution in [0.2, 0.25) is 5.02 Å². The number of fused-ring (bicyclic) bond motifs is 1. The molecule has 1 N–H and O–H groups in total. The Morgan fingerprint density at radius 1 is 1.23 bits per heavy atom. The molecule has 3 aromatic heterocycles. The third-order valence-corrected chi connectivity index (χ3v) is 6.29. The van der Waals surface area contributed by atoms with Crippen molar-refractivity contribution in [1.82, 2.24) is 24.7 Å². The Morgan fingerprint density at radius 3 is 2.83 bits per heavy atom. The van der Waals surface area contributed by atoms with E-state index in [0.717, 1.165) is 42.7 Å². The molecular weight excluding hydrogens is 406 g/mol. The Labute approximate surface area is 179 Å². The van der Waals surface area contributed by atoms with Crippen molar-refractivity contribution < 1.29 is 14.3 Å². The van der Waals surface area contributed by atoms with Gasteiger partial charge in [0.2, 0.25) is 5.91 Å². The van der Waals surface area contributed by atoms with Crippen LogP contribution in [-0.2, 0) is 9.53 Å². The molecule has 0 aromatic carbocycles. The fourth-order valence-corrected chi connectivity index (χ4v) is 4.41. The van der Waals surface area contributed by atoms with E-state index in [-0.39, 0.29) is 17.9 Å². The molecule has 0 bridgehead atoms. The first kappa shape index (κ1) is 19.4. The van der Waals surface area contributed by atoms with Crippen LogP contribution >= 0.6 is 11.6 Å². The van der Waals surface area contributed by atoms with Gasteiger partial charge in [-0.25, -0.2) is 4.52 Å². The predicted octanol–water partition coefficient (Wildman–Crippen LogP) is 3.11. The lowest BCUT2D eigenvalue weighted by Crippen LogP contribution is -2.25. The van der Waals surface area contributed by atoms with E-state index in [0.29, 0.717) is 29.8 Å². The first-order valence-electron chi connectivity index (χ1n) is 10.3. The van der Waals surface area contributed by atoms with Crippen molar-refractivity contribution >= 4 is 23.0 Å². The van der Waals surface area contributed by atoms with Gasteiger partial charge in [0.05, 0.1) is 23.5 Å². The number of nitrogens with one attached hydrogen (secondary N) is 1. The largest absolute Gasteiger partial charge is 0.488 e. The molecule has 1 amide bonds. The second kappa shape index (κ2) is 7.92. The number of hydrogen-bond acceptors (Lipinski definition) is 5. The van der Waals surface area contributed by atoms with Gasteiger partial charge in [0, 0.05) is 55.6 Å². The van der Waals surface area contributed by atoms with Crippen LogP contribution in [0.4, 0.5) is 0 Å². The van der Waals surface area contributed by atoms with Gasteiger partial charge in [-0.05, 0) is 25.8 Å². The van der Waals surface area contributed by atoms with Crippen LogP contribution < -0.4 is 10.1 Å². The summed E-state index contributed by atoms with van der Waals surface area (Å²) >= 11 is 6.39. The number of carbonyl (C=O) groups excluding carboxylic acids is 1. The maximum atomic E-state index is 11.6. The number of ether oxygens (including phenoxy) is 2. The Kier molecular flexibility index (Phi) is 5.12. The predicted molar refractivity (Wildman–Crippen MR) is 112 cm³/mol. The molecule has 158 valence electrons. The maximum absolute atomic E-state index is 11.6. The molecule has 3 aromatic rings. The molecule has 2 unspecified atom stereocenters. The molecule has 0 spiro atoms. The van der Waals surface area contributed by atoms with Crippen LogP contribution in [0.3, 0.4) is 0 Å². The number of hydrogen-bond donors (Lipinski definition) is 1. The van der Waals surface area contributed by atoms with Crippen LogP contribution in [0.5, 0.6) is 5.75 Å². The number of halogens is 1. The van der Waals surface area contributed by atoms with E-state index in [9.17, 15) is 4.79 Å². The lowest BCUT2D eigenvalue weighted by Gasteiger charge is -2.22. The van der Waals surface area contributed by atoms with E-state index in [2.05, 4.69) is 21.7 Å². The number of aromatic nitrogens is 4. The van der Waals surface area contributed by atoms with E-state index >= 15 is 0 Å².